The van der Waals surface area contributed by atoms with E-state index in [0.29, 0.717) is 43.5 Å². The summed E-state index contributed by atoms with van der Waals surface area (Å²) in [6.45, 7) is 1.46. The van der Waals surface area contributed by atoms with E-state index in [1.54, 1.807) is 24.3 Å². The maximum Gasteiger partial charge on any atom is 0.277 e. The Balaban J connectivity index is 1.53. The van der Waals surface area contributed by atoms with Crippen molar-refractivity contribution in [2.24, 2.45) is 0 Å². The van der Waals surface area contributed by atoms with Crippen molar-refractivity contribution < 1.29 is 22.4 Å². The van der Waals surface area contributed by atoms with Crippen molar-refractivity contribution in [2.45, 2.75) is 41.1 Å². The minimum absolute atomic E-state index is 0.143. The average molecular weight is 424 g/mol. The normalized spacial score (nSPS) is 21.7. The number of carbonyl (C=O) groups is 1. The van der Waals surface area contributed by atoms with Crippen LogP contribution in [-0.2, 0) is 19.6 Å². The third-order valence-corrected chi connectivity index (χ3v) is 7.88. The molecule has 0 amide bonds. The largest absolute Gasteiger partial charge is 0.411 e. The van der Waals surface area contributed by atoms with Crippen LogP contribution < -0.4 is 0 Å². The quantitative estimate of drug-likeness (QED) is 0.722. The number of ketones is 1. The first kappa shape index (κ1) is 19.6. The van der Waals surface area contributed by atoms with Gasteiger partial charge >= 0.3 is 0 Å². The number of hydrogen-bond donors (Lipinski definition) is 0. The molecule has 0 bridgehead atoms. The van der Waals surface area contributed by atoms with Gasteiger partial charge in [0.15, 0.2) is 0 Å². The van der Waals surface area contributed by atoms with Crippen molar-refractivity contribution in [2.75, 3.05) is 26.3 Å². The lowest BCUT2D eigenvalue weighted by Gasteiger charge is -2.26. The number of ether oxygens (including phenoxy) is 1. The summed E-state index contributed by atoms with van der Waals surface area (Å²) >= 11 is 1.29. The molecule has 2 aromatic rings. The topological polar surface area (TPSA) is 103 Å². The maximum absolute atomic E-state index is 12.8. The summed E-state index contributed by atoms with van der Waals surface area (Å²) in [5.41, 5.74) is 0.531. The second-order valence-corrected chi connectivity index (χ2v) is 9.83. The molecule has 2 heterocycles. The fraction of sp³-hybridized carbons (Fsp3) is 0.500. The number of Topliss-reactive ketones (excluding diaryl/α,β-unsaturated/α-hetero) is 1. The van der Waals surface area contributed by atoms with Crippen LogP contribution in [0.25, 0.3) is 11.5 Å². The van der Waals surface area contributed by atoms with Gasteiger partial charge in [-0.25, -0.2) is 8.42 Å². The van der Waals surface area contributed by atoms with Crippen LogP contribution in [0.4, 0.5) is 0 Å². The maximum atomic E-state index is 12.8. The number of rotatable bonds is 5. The summed E-state index contributed by atoms with van der Waals surface area (Å²) in [7, 11) is -3.60. The van der Waals surface area contributed by atoms with Crippen molar-refractivity contribution in [1.29, 1.82) is 0 Å². The first-order valence-corrected chi connectivity index (χ1v) is 11.6. The van der Waals surface area contributed by atoms with E-state index in [1.807, 2.05) is 0 Å². The van der Waals surface area contributed by atoms with Gasteiger partial charge in [-0.3, -0.25) is 4.79 Å². The molecule has 28 heavy (non-hydrogen) atoms. The first-order valence-electron chi connectivity index (χ1n) is 9.25. The highest BCUT2D eigenvalue weighted by Gasteiger charge is 2.28. The minimum Gasteiger partial charge on any atom is -0.411 e. The van der Waals surface area contributed by atoms with E-state index in [0.717, 1.165) is 19.3 Å². The Labute approximate surface area is 167 Å². The SMILES string of the molecule is O=C1CCCC[C@H]1Sc1nnc(-c2cccc(S(=O)(=O)N3CCOCC3)c2)o1. The van der Waals surface area contributed by atoms with Gasteiger partial charge in [-0.1, -0.05) is 24.2 Å². The van der Waals surface area contributed by atoms with Gasteiger partial charge in [-0.15, -0.1) is 10.2 Å². The number of sulfonamides is 1. The first-order chi connectivity index (χ1) is 13.5. The zero-order valence-electron chi connectivity index (χ0n) is 15.2. The number of morpholine rings is 1. The summed E-state index contributed by atoms with van der Waals surface area (Å²) in [4.78, 5) is 12.2. The smallest absolute Gasteiger partial charge is 0.277 e. The molecule has 1 saturated carbocycles. The number of thioether (sulfide) groups is 1. The molecule has 2 aliphatic rings. The Kier molecular flexibility index (Phi) is 5.81. The lowest BCUT2D eigenvalue weighted by Crippen LogP contribution is -2.40. The van der Waals surface area contributed by atoms with Crippen LogP contribution in [0.1, 0.15) is 25.7 Å². The average Bonchev–Trinajstić information content (AvgIpc) is 3.19. The van der Waals surface area contributed by atoms with Crippen LogP contribution >= 0.6 is 11.8 Å². The molecule has 0 spiro atoms. The third kappa shape index (κ3) is 4.14. The van der Waals surface area contributed by atoms with Gasteiger partial charge in [0.05, 0.1) is 23.4 Å². The highest BCUT2D eigenvalue weighted by atomic mass is 32.2. The Hall–Kier alpha value is -1.75. The summed E-state index contributed by atoms with van der Waals surface area (Å²) in [5.74, 6) is 0.458. The van der Waals surface area contributed by atoms with Crippen LogP contribution in [0.15, 0.2) is 38.8 Å². The van der Waals surface area contributed by atoms with E-state index in [2.05, 4.69) is 10.2 Å². The molecule has 0 unspecified atom stereocenters. The second-order valence-electron chi connectivity index (χ2n) is 6.74. The number of carbonyl (C=O) groups excluding carboxylic acids is 1. The van der Waals surface area contributed by atoms with Crippen LogP contribution in [0.2, 0.25) is 0 Å². The van der Waals surface area contributed by atoms with Crippen molar-refractivity contribution in [1.82, 2.24) is 14.5 Å². The zero-order chi connectivity index (χ0) is 19.6. The van der Waals surface area contributed by atoms with Gasteiger partial charge in [-0.2, -0.15) is 4.31 Å². The minimum atomic E-state index is -3.60. The van der Waals surface area contributed by atoms with Gasteiger partial charge in [0.1, 0.15) is 5.78 Å². The molecule has 2 fully saturated rings. The van der Waals surface area contributed by atoms with E-state index < -0.39 is 10.0 Å². The number of hydrogen-bond acceptors (Lipinski definition) is 8. The van der Waals surface area contributed by atoms with E-state index in [9.17, 15) is 13.2 Å². The molecule has 0 N–H and O–H groups in total. The Morgan fingerprint density at radius 1 is 1.14 bits per heavy atom. The van der Waals surface area contributed by atoms with Gasteiger partial charge in [0.2, 0.25) is 15.9 Å². The van der Waals surface area contributed by atoms with Crippen molar-refractivity contribution in [3.63, 3.8) is 0 Å². The Bertz CT molecular complexity index is 954. The molecule has 1 atom stereocenters. The molecule has 1 aliphatic carbocycles. The molecule has 1 aromatic carbocycles. The predicted octanol–water partition coefficient (Wildman–Crippen LogP) is 2.36. The van der Waals surface area contributed by atoms with E-state index in [1.165, 1.54) is 16.1 Å². The summed E-state index contributed by atoms with van der Waals surface area (Å²) in [6, 6.07) is 6.48. The molecule has 10 heteroatoms. The molecule has 0 radical (unpaired) electrons. The highest BCUT2D eigenvalue weighted by Crippen LogP contribution is 2.32. The lowest BCUT2D eigenvalue weighted by atomic mass is 9.99. The third-order valence-electron chi connectivity index (χ3n) is 4.84. The summed E-state index contributed by atoms with van der Waals surface area (Å²) < 4.78 is 38.0. The van der Waals surface area contributed by atoms with Crippen molar-refractivity contribution in [3.8, 4) is 11.5 Å². The molecule has 1 aromatic heterocycles. The van der Waals surface area contributed by atoms with Gasteiger partial charge in [0, 0.05) is 25.1 Å². The van der Waals surface area contributed by atoms with Crippen LogP contribution in [-0.4, -0.2) is 60.3 Å². The molecular weight excluding hydrogens is 402 g/mol. The molecule has 150 valence electrons. The van der Waals surface area contributed by atoms with Gasteiger partial charge in [0.25, 0.3) is 5.22 Å². The van der Waals surface area contributed by atoms with E-state index in [-0.39, 0.29) is 21.8 Å². The van der Waals surface area contributed by atoms with Crippen LogP contribution in [0, 0.1) is 0 Å². The van der Waals surface area contributed by atoms with Gasteiger partial charge in [-0.05, 0) is 31.0 Å². The Morgan fingerprint density at radius 3 is 2.75 bits per heavy atom. The van der Waals surface area contributed by atoms with Crippen LogP contribution in [0.5, 0.6) is 0 Å². The fourth-order valence-electron chi connectivity index (χ4n) is 3.30. The van der Waals surface area contributed by atoms with Crippen LogP contribution in [0.3, 0.4) is 0 Å². The fourth-order valence-corrected chi connectivity index (χ4v) is 5.74. The van der Waals surface area contributed by atoms with Crippen molar-refractivity contribution >= 4 is 27.6 Å². The molecule has 1 aliphatic heterocycles. The second kappa shape index (κ2) is 8.32. The molecular formula is C18H21N3O5S2. The predicted molar refractivity (Wildman–Crippen MR) is 102 cm³/mol. The van der Waals surface area contributed by atoms with E-state index in [4.69, 9.17) is 9.15 Å². The highest BCUT2D eigenvalue weighted by molar-refractivity contribution is 8.00. The summed E-state index contributed by atoms with van der Waals surface area (Å²) in [6.07, 6.45) is 3.37. The lowest BCUT2D eigenvalue weighted by molar-refractivity contribution is -0.119. The van der Waals surface area contributed by atoms with Gasteiger partial charge < -0.3 is 9.15 Å². The zero-order valence-corrected chi connectivity index (χ0v) is 16.9. The van der Waals surface area contributed by atoms with E-state index >= 15 is 0 Å². The monoisotopic (exact) mass is 423 g/mol. The standard InChI is InChI=1S/C18H21N3O5S2/c22-15-6-1-2-7-16(15)27-18-20-19-17(26-18)13-4-3-5-14(12-13)28(23,24)21-8-10-25-11-9-21/h3-5,12,16H,1-2,6-11H2/t16-/m1/s1. The molecule has 4 rings (SSSR count). The number of aromatic nitrogens is 2. The number of nitrogens with zero attached hydrogens (tertiary/aromatic N) is 3. The number of benzene rings is 1. The molecule has 8 nitrogen and oxygen atoms in total. The van der Waals surface area contributed by atoms with Crippen molar-refractivity contribution in [3.05, 3.63) is 24.3 Å². The summed E-state index contributed by atoms with van der Waals surface area (Å²) in [5, 5.41) is 8.24. The Morgan fingerprint density at radius 2 is 1.96 bits per heavy atom. The molecule has 1 saturated heterocycles.